The van der Waals surface area contributed by atoms with Crippen LogP contribution < -0.4 is 0 Å². The van der Waals surface area contributed by atoms with E-state index in [1.165, 1.54) is 55.6 Å². The second-order valence-electron chi connectivity index (χ2n) is 13.5. The van der Waals surface area contributed by atoms with Crippen molar-refractivity contribution in [2.45, 2.75) is 39.5 Å². The van der Waals surface area contributed by atoms with Gasteiger partial charge in [-0.15, -0.1) is 0 Å². The molecule has 5 aromatic rings. The van der Waals surface area contributed by atoms with Gasteiger partial charge in [-0.1, -0.05) is 129 Å². The summed E-state index contributed by atoms with van der Waals surface area (Å²) in [4.78, 5) is 11.9. The maximum atomic E-state index is 11.9. The van der Waals surface area contributed by atoms with E-state index in [-0.39, 0.29) is 17.1 Å². The van der Waals surface area contributed by atoms with E-state index < -0.39 is 21.3 Å². The Balaban J connectivity index is 0.000000190. The molecule has 0 aromatic heterocycles. The summed E-state index contributed by atoms with van der Waals surface area (Å²) in [5.41, 5.74) is 12.2. The summed E-state index contributed by atoms with van der Waals surface area (Å²) < 4.78 is 31.0. The number of ketones is 1. The van der Waals surface area contributed by atoms with Gasteiger partial charge >= 0.3 is 0 Å². The predicted molar refractivity (Wildman–Crippen MR) is 186 cm³/mol. The number of carbonyl (C=O) groups is 1. The van der Waals surface area contributed by atoms with Crippen LogP contribution in [0.1, 0.15) is 44.2 Å². The van der Waals surface area contributed by atoms with Crippen molar-refractivity contribution in [1.82, 2.24) is 0 Å². The number of fused-ring (bicyclic) bond motifs is 5. The first-order valence-corrected chi connectivity index (χ1v) is 17.6. The summed E-state index contributed by atoms with van der Waals surface area (Å²) >= 11 is 0. The van der Waals surface area contributed by atoms with E-state index in [9.17, 15) is 13.2 Å². The zero-order valence-corrected chi connectivity index (χ0v) is 27.1. The van der Waals surface area contributed by atoms with Crippen molar-refractivity contribution in [1.29, 1.82) is 0 Å². The summed E-state index contributed by atoms with van der Waals surface area (Å²) in [6.07, 6.45) is 2.95. The maximum absolute atomic E-state index is 11.9. The Kier molecular flexibility index (Phi) is 7.57. The van der Waals surface area contributed by atoms with Gasteiger partial charge in [0.15, 0.2) is 0 Å². The van der Waals surface area contributed by atoms with Crippen LogP contribution in [-0.4, -0.2) is 24.5 Å². The first-order chi connectivity index (χ1) is 22.1. The van der Waals surface area contributed by atoms with Crippen LogP contribution >= 0.6 is 0 Å². The molecule has 1 N–H and O–H groups in total. The van der Waals surface area contributed by atoms with Crippen molar-refractivity contribution in [2.24, 2.45) is 16.7 Å². The predicted octanol–water partition coefficient (Wildman–Crippen LogP) is 9.53. The topological polar surface area (TPSA) is 71.4 Å². The molecule has 2 unspecified atom stereocenters. The third-order valence-electron chi connectivity index (χ3n) is 10.9. The zero-order valence-electron chi connectivity index (χ0n) is 26.2. The molecule has 2 fully saturated rings. The Morgan fingerprint density at radius 2 is 1.24 bits per heavy atom. The van der Waals surface area contributed by atoms with E-state index in [1.807, 2.05) is 13.8 Å². The molecule has 0 amide bonds. The van der Waals surface area contributed by atoms with Crippen LogP contribution in [0.25, 0.3) is 44.5 Å². The molecule has 4 nitrogen and oxygen atoms in total. The molecule has 46 heavy (non-hydrogen) atoms. The lowest BCUT2D eigenvalue weighted by Gasteiger charge is -2.35. The Morgan fingerprint density at radius 3 is 1.78 bits per heavy atom. The van der Waals surface area contributed by atoms with Gasteiger partial charge in [-0.2, -0.15) is 8.42 Å². The average Bonchev–Trinajstić information content (AvgIpc) is 3.61. The quantitative estimate of drug-likeness (QED) is 0.194. The van der Waals surface area contributed by atoms with Crippen molar-refractivity contribution < 1.29 is 17.8 Å². The van der Waals surface area contributed by atoms with E-state index in [4.69, 9.17) is 4.55 Å². The van der Waals surface area contributed by atoms with Gasteiger partial charge in [0.25, 0.3) is 10.1 Å². The third-order valence-corrected chi connectivity index (χ3v) is 11.7. The third kappa shape index (κ3) is 5.12. The smallest absolute Gasteiger partial charge is 0.265 e. The molecule has 0 heterocycles. The molecular weight excluding hydrogens is 589 g/mol. The van der Waals surface area contributed by atoms with Gasteiger partial charge in [-0.25, -0.2) is 0 Å². The summed E-state index contributed by atoms with van der Waals surface area (Å²) in [5, 5.41) is 0. The van der Waals surface area contributed by atoms with Gasteiger partial charge in [0.05, 0.1) is 11.2 Å². The molecule has 2 atom stereocenters. The number of hydrogen-bond donors (Lipinski definition) is 1. The molecule has 2 bridgehead atoms. The second-order valence-corrected chi connectivity index (χ2v) is 15.0. The SMILES string of the molecule is CC1(C)C2CCC1(CS(=O)(=O)O)C(=O)C2.c1ccc(-c2cc3c(c(-c4ccccc4)c2-c2ccccc2)Cc2ccccc2-3)cc1. The highest BCUT2D eigenvalue weighted by atomic mass is 32.2. The molecule has 232 valence electrons. The lowest BCUT2D eigenvalue weighted by atomic mass is 9.70. The minimum Gasteiger partial charge on any atom is -0.299 e. The summed E-state index contributed by atoms with van der Waals surface area (Å²) in [5.74, 6) is -0.101. The Hall–Kier alpha value is -4.32. The van der Waals surface area contributed by atoms with Crippen LogP contribution in [0.3, 0.4) is 0 Å². The summed E-state index contributed by atoms with van der Waals surface area (Å²) in [7, 11) is -4.08. The first kappa shape index (κ1) is 30.3. The highest BCUT2D eigenvalue weighted by molar-refractivity contribution is 7.85. The van der Waals surface area contributed by atoms with Crippen LogP contribution in [0.15, 0.2) is 121 Å². The molecule has 5 aromatic carbocycles. The number of Topliss-reactive ketones (excluding diaryl/α,β-unsaturated/α-hetero) is 1. The number of carbonyl (C=O) groups excluding carboxylic acids is 1. The lowest BCUT2D eigenvalue weighted by molar-refractivity contribution is -0.128. The minimum absolute atomic E-state index is 0.0152. The van der Waals surface area contributed by atoms with E-state index in [0.29, 0.717) is 12.8 Å². The lowest BCUT2D eigenvalue weighted by Crippen LogP contribution is -2.42. The Morgan fingerprint density at radius 1 is 0.696 bits per heavy atom. The molecule has 5 heteroatoms. The van der Waals surface area contributed by atoms with Crippen LogP contribution in [0, 0.1) is 16.7 Å². The first-order valence-electron chi connectivity index (χ1n) is 16.0. The molecular formula is C41H38O4S. The van der Waals surface area contributed by atoms with E-state index in [0.717, 1.165) is 12.8 Å². The van der Waals surface area contributed by atoms with Crippen LogP contribution in [0.2, 0.25) is 0 Å². The fourth-order valence-electron chi connectivity index (χ4n) is 8.37. The van der Waals surface area contributed by atoms with Crippen LogP contribution in [0.5, 0.6) is 0 Å². The van der Waals surface area contributed by atoms with E-state index in [2.05, 4.69) is 121 Å². The van der Waals surface area contributed by atoms with Gasteiger partial charge in [0, 0.05) is 6.42 Å². The number of benzene rings is 5. The molecule has 8 rings (SSSR count). The fourth-order valence-corrected chi connectivity index (χ4v) is 9.67. The summed E-state index contributed by atoms with van der Waals surface area (Å²) in [6, 6.07) is 43.8. The Labute approximate surface area is 271 Å². The van der Waals surface area contributed by atoms with Crippen molar-refractivity contribution >= 4 is 15.9 Å². The number of hydrogen-bond acceptors (Lipinski definition) is 3. The summed E-state index contributed by atoms with van der Waals surface area (Å²) in [6.45, 7) is 3.89. The molecule has 0 aliphatic heterocycles. The molecule has 0 saturated heterocycles. The minimum atomic E-state index is -4.08. The van der Waals surface area contributed by atoms with Gasteiger partial charge in [0.1, 0.15) is 5.78 Å². The van der Waals surface area contributed by atoms with Gasteiger partial charge in [-0.05, 0) is 92.3 Å². The average molecular weight is 627 g/mol. The molecule has 3 aliphatic carbocycles. The van der Waals surface area contributed by atoms with Gasteiger partial charge in [0.2, 0.25) is 0 Å². The van der Waals surface area contributed by atoms with Crippen molar-refractivity contribution in [3.8, 4) is 44.5 Å². The highest BCUT2D eigenvalue weighted by Gasteiger charge is 2.65. The largest absolute Gasteiger partial charge is 0.299 e. The van der Waals surface area contributed by atoms with Crippen molar-refractivity contribution in [2.75, 3.05) is 5.75 Å². The standard InChI is InChI=1S/C31H22.C10H16O4S/c1-4-12-22(13-5-1)27-21-28-26-19-11-10-18-25(26)20-29(28)31(24-16-8-3-9-17-24)30(27)23-14-6-2-7-15-23;1-9(2)7-3-4-10(9,8(11)5-7)6-15(12,13)14/h1-19,21H,20H2;7H,3-6H2,1-2H3,(H,12,13,14). The van der Waals surface area contributed by atoms with E-state index in [1.54, 1.807) is 0 Å². The molecule has 0 spiro atoms. The Bertz CT molecular complexity index is 2030. The van der Waals surface area contributed by atoms with E-state index >= 15 is 0 Å². The van der Waals surface area contributed by atoms with Crippen molar-refractivity contribution in [3.63, 3.8) is 0 Å². The normalized spacial score (nSPS) is 20.5. The van der Waals surface area contributed by atoms with Gasteiger partial charge in [-0.3, -0.25) is 9.35 Å². The van der Waals surface area contributed by atoms with Crippen molar-refractivity contribution in [3.05, 3.63) is 132 Å². The van der Waals surface area contributed by atoms with Crippen LogP contribution in [-0.2, 0) is 21.3 Å². The fraction of sp³-hybridized carbons (Fsp3) is 0.244. The zero-order chi connectivity index (χ0) is 32.1. The maximum Gasteiger partial charge on any atom is 0.265 e. The highest BCUT2D eigenvalue weighted by Crippen LogP contribution is 2.64. The molecule has 3 aliphatic rings. The monoisotopic (exact) mass is 626 g/mol. The van der Waals surface area contributed by atoms with Crippen LogP contribution in [0.4, 0.5) is 0 Å². The molecule has 2 saturated carbocycles. The van der Waals surface area contributed by atoms with Gasteiger partial charge < -0.3 is 0 Å². The second kappa shape index (κ2) is 11.5. The number of rotatable bonds is 5. The molecule has 0 radical (unpaired) electrons.